The molecule has 0 spiro atoms. The Kier molecular flexibility index (Phi) is 4.78. The molecule has 3 heterocycles. The van der Waals surface area contributed by atoms with Gasteiger partial charge in [-0.3, -0.25) is 15.2 Å². The number of rotatable bonds is 4. The normalized spacial score (nSPS) is 19.4. The molecule has 4 rings (SSSR count). The summed E-state index contributed by atoms with van der Waals surface area (Å²) in [7, 11) is 0. The summed E-state index contributed by atoms with van der Waals surface area (Å²) in [6.45, 7) is 0.273. The Bertz CT molecular complexity index is 1030. The minimum Gasteiger partial charge on any atom is -0.373 e. The number of carbonyl (C=O) groups is 1. The molecule has 1 fully saturated rings. The van der Waals surface area contributed by atoms with Crippen molar-refractivity contribution in [3.05, 3.63) is 53.9 Å². The van der Waals surface area contributed by atoms with Crippen molar-refractivity contribution in [2.24, 2.45) is 5.92 Å². The molecule has 2 aromatic heterocycles. The van der Waals surface area contributed by atoms with Crippen LogP contribution in [0.3, 0.4) is 0 Å². The number of amides is 1. The highest BCUT2D eigenvalue weighted by molar-refractivity contribution is 5.91. The molecule has 3 aromatic rings. The van der Waals surface area contributed by atoms with Crippen LogP contribution in [0.25, 0.3) is 5.69 Å². The van der Waals surface area contributed by atoms with Gasteiger partial charge < -0.3 is 4.74 Å². The van der Waals surface area contributed by atoms with E-state index in [9.17, 15) is 22.4 Å². The van der Waals surface area contributed by atoms with E-state index in [-0.39, 0.29) is 12.3 Å². The molecular formula is C17H14F4N6O2. The first-order valence-corrected chi connectivity index (χ1v) is 8.54. The van der Waals surface area contributed by atoms with Gasteiger partial charge in [-0.25, -0.2) is 9.07 Å². The van der Waals surface area contributed by atoms with Gasteiger partial charge in [0.2, 0.25) is 17.7 Å². The fourth-order valence-corrected chi connectivity index (χ4v) is 3.09. The topological polar surface area (TPSA) is 97.7 Å². The van der Waals surface area contributed by atoms with Crippen LogP contribution in [-0.2, 0) is 15.7 Å². The smallest absolute Gasteiger partial charge is 0.373 e. The average molecular weight is 410 g/mol. The fourth-order valence-electron chi connectivity index (χ4n) is 3.09. The lowest BCUT2D eigenvalue weighted by Crippen LogP contribution is -2.25. The second kappa shape index (κ2) is 7.28. The second-order valence-corrected chi connectivity index (χ2v) is 6.35. The quantitative estimate of drug-likeness (QED) is 0.645. The van der Waals surface area contributed by atoms with Gasteiger partial charge in [0, 0.05) is 18.4 Å². The Hall–Kier alpha value is -3.28. The summed E-state index contributed by atoms with van der Waals surface area (Å²) in [6, 6.07) is 6.06. The van der Waals surface area contributed by atoms with Crippen molar-refractivity contribution in [3.63, 3.8) is 0 Å². The average Bonchev–Trinajstić information content (AvgIpc) is 3.41. The van der Waals surface area contributed by atoms with E-state index >= 15 is 0 Å². The van der Waals surface area contributed by atoms with E-state index in [1.807, 2.05) is 0 Å². The molecule has 0 radical (unpaired) electrons. The van der Waals surface area contributed by atoms with E-state index < -0.39 is 41.7 Å². The largest absolute Gasteiger partial charge is 0.451 e. The third-order valence-corrected chi connectivity index (χ3v) is 4.45. The molecule has 1 aromatic carbocycles. The number of halogens is 4. The first-order valence-electron chi connectivity index (χ1n) is 8.54. The molecule has 1 aliphatic heterocycles. The lowest BCUT2D eigenvalue weighted by atomic mass is 9.96. The molecule has 1 saturated heterocycles. The van der Waals surface area contributed by atoms with Gasteiger partial charge in [0.05, 0.1) is 18.2 Å². The number of hydrogen-bond acceptors (Lipinski definition) is 5. The van der Waals surface area contributed by atoms with Crippen LogP contribution < -0.4 is 5.32 Å². The van der Waals surface area contributed by atoms with Crippen molar-refractivity contribution in [1.29, 1.82) is 0 Å². The molecule has 0 bridgehead atoms. The van der Waals surface area contributed by atoms with Crippen LogP contribution in [0.4, 0.5) is 23.5 Å². The van der Waals surface area contributed by atoms with Crippen LogP contribution in [0.15, 0.2) is 36.7 Å². The molecule has 2 atom stereocenters. The lowest BCUT2D eigenvalue weighted by Gasteiger charge is -2.15. The van der Waals surface area contributed by atoms with E-state index in [1.54, 1.807) is 29.5 Å². The zero-order valence-electron chi connectivity index (χ0n) is 14.7. The molecule has 29 heavy (non-hydrogen) atoms. The van der Waals surface area contributed by atoms with Gasteiger partial charge in [-0.15, -0.1) is 5.10 Å². The van der Waals surface area contributed by atoms with Gasteiger partial charge in [-0.2, -0.15) is 23.3 Å². The molecular weight excluding hydrogens is 396 g/mol. The molecule has 0 aliphatic carbocycles. The number of nitrogens with one attached hydrogen (secondary N) is 2. The van der Waals surface area contributed by atoms with E-state index in [0.717, 1.165) is 0 Å². The van der Waals surface area contributed by atoms with Gasteiger partial charge in [0.15, 0.2) is 0 Å². The predicted octanol–water partition coefficient (Wildman–Crippen LogP) is 2.86. The van der Waals surface area contributed by atoms with Crippen LogP contribution in [0.1, 0.15) is 23.9 Å². The van der Waals surface area contributed by atoms with Crippen molar-refractivity contribution in [2.75, 3.05) is 11.9 Å². The number of benzene rings is 1. The number of alkyl halides is 3. The number of nitrogens with zero attached hydrogens (tertiary/aromatic N) is 4. The zero-order valence-corrected chi connectivity index (χ0v) is 14.7. The van der Waals surface area contributed by atoms with Crippen molar-refractivity contribution in [1.82, 2.24) is 25.0 Å². The predicted molar refractivity (Wildman–Crippen MR) is 90.3 cm³/mol. The van der Waals surface area contributed by atoms with Crippen LogP contribution in [0.2, 0.25) is 0 Å². The van der Waals surface area contributed by atoms with Crippen molar-refractivity contribution < 1.29 is 27.1 Å². The number of anilines is 1. The lowest BCUT2D eigenvalue weighted by molar-refractivity contribution is -0.144. The highest BCUT2D eigenvalue weighted by Crippen LogP contribution is 2.35. The molecule has 2 N–H and O–H groups in total. The van der Waals surface area contributed by atoms with Gasteiger partial charge in [-0.1, -0.05) is 12.1 Å². The Balaban J connectivity index is 1.50. The summed E-state index contributed by atoms with van der Waals surface area (Å²) < 4.78 is 58.7. The minimum absolute atomic E-state index is 0.234. The fraction of sp³-hybridized carbons (Fsp3) is 0.294. The van der Waals surface area contributed by atoms with E-state index in [1.165, 1.54) is 16.9 Å². The van der Waals surface area contributed by atoms with Gasteiger partial charge in [0.1, 0.15) is 11.5 Å². The third kappa shape index (κ3) is 3.83. The summed E-state index contributed by atoms with van der Waals surface area (Å²) >= 11 is 0. The summed E-state index contributed by atoms with van der Waals surface area (Å²) in [5.74, 6) is -3.53. The number of H-pyrrole nitrogens is 1. The van der Waals surface area contributed by atoms with Crippen molar-refractivity contribution in [3.8, 4) is 5.69 Å². The number of carbonyl (C=O) groups excluding carboxylic acids is 1. The third-order valence-electron chi connectivity index (χ3n) is 4.45. The molecule has 1 amide bonds. The highest BCUT2D eigenvalue weighted by atomic mass is 19.4. The standard InChI is InChI=1S/C17H14F4N6O2/c18-11-3-1-2-4-12(11)27-8-9(7-22-27)13-10(5-6-29-13)14(28)23-16-24-15(25-26-16)17(19,20)21/h1-4,7-8,10,13H,5-6H2,(H2,23,24,25,26,28)/t10-,13+/m0/s1. The summed E-state index contributed by atoms with van der Waals surface area (Å²) in [6.07, 6.45) is -2.04. The maximum absolute atomic E-state index is 13.9. The highest BCUT2D eigenvalue weighted by Gasteiger charge is 2.38. The Labute approximate surface area is 160 Å². The number of aromatic amines is 1. The first kappa shape index (κ1) is 19.1. The number of para-hydroxylation sites is 1. The molecule has 152 valence electrons. The molecule has 0 saturated carbocycles. The van der Waals surface area contributed by atoms with E-state index in [4.69, 9.17) is 4.74 Å². The maximum atomic E-state index is 13.9. The molecule has 1 aliphatic rings. The summed E-state index contributed by atoms with van der Waals surface area (Å²) in [5.41, 5.74) is 0.773. The number of hydrogen-bond donors (Lipinski definition) is 2. The van der Waals surface area contributed by atoms with Crippen LogP contribution >= 0.6 is 0 Å². The van der Waals surface area contributed by atoms with E-state index in [2.05, 4.69) is 20.5 Å². The monoisotopic (exact) mass is 410 g/mol. The van der Waals surface area contributed by atoms with Crippen molar-refractivity contribution in [2.45, 2.75) is 18.7 Å². The maximum Gasteiger partial charge on any atom is 0.451 e. The van der Waals surface area contributed by atoms with Gasteiger partial charge in [0.25, 0.3) is 0 Å². The van der Waals surface area contributed by atoms with Gasteiger partial charge in [-0.05, 0) is 18.6 Å². The molecule has 0 unspecified atom stereocenters. The molecule has 8 nitrogen and oxygen atoms in total. The minimum atomic E-state index is -4.70. The van der Waals surface area contributed by atoms with Gasteiger partial charge >= 0.3 is 6.18 Å². The summed E-state index contributed by atoms with van der Waals surface area (Å²) in [4.78, 5) is 15.8. The summed E-state index contributed by atoms with van der Waals surface area (Å²) in [5, 5.41) is 11.5. The van der Waals surface area contributed by atoms with Crippen LogP contribution in [0, 0.1) is 11.7 Å². The number of aromatic nitrogens is 5. The molecule has 12 heteroatoms. The number of ether oxygens (including phenoxy) is 1. The Morgan fingerprint density at radius 1 is 1.31 bits per heavy atom. The van der Waals surface area contributed by atoms with Crippen molar-refractivity contribution >= 4 is 11.9 Å². The Morgan fingerprint density at radius 3 is 2.83 bits per heavy atom. The Morgan fingerprint density at radius 2 is 2.10 bits per heavy atom. The second-order valence-electron chi connectivity index (χ2n) is 6.35. The van der Waals surface area contributed by atoms with Crippen LogP contribution in [0.5, 0.6) is 0 Å². The SMILES string of the molecule is O=C(Nc1n[nH]c(C(F)(F)F)n1)[C@H]1CCO[C@@H]1c1cnn(-c2ccccc2F)c1. The first-order chi connectivity index (χ1) is 13.8. The van der Waals surface area contributed by atoms with E-state index in [0.29, 0.717) is 12.0 Å². The zero-order chi connectivity index (χ0) is 20.6. The van der Waals surface area contributed by atoms with Crippen LogP contribution in [-0.4, -0.2) is 37.5 Å².